The van der Waals surface area contributed by atoms with E-state index in [0.29, 0.717) is 31.1 Å². The van der Waals surface area contributed by atoms with Crippen molar-refractivity contribution in [3.8, 4) is 11.8 Å². The van der Waals surface area contributed by atoms with Crippen LogP contribution >= 0.6 is 0 Å². The highest BCUT2D eigenvalue weighted by molar-refractivity contribution is 6.01. The van der Waals surface area contributed by atoms with Crippen LogP contribution in [0.3, 0.4) is 0 Å². The van der Waals surface area contributed by atoms with Gasteiger partial charge in [0.2, 0.25) is 0 Å². The molecule has 1 aliphatic heterocycles. The van der Waals surface area contributed by atoms with E-state index in [1.807, 2.05) is 18.2 Å². The average Bonchev–Trinajstić information content (AvgIpc) is 2.71. The molecule has 0 spiro atoms. The standard InChI is InChI=1S/C22H23N3O2/c23-14-17-4-1-5-19(12-17)18-7-9-25(10-8-18)22(27)20(15-24)11-16-3-2-6-21(26)13-16/h1-6,11-13,18,26H,7-10,14,23H2/b20-11+. The summed E-state index contributed by atoms with van der Waals surface area (Å²) >= 11 is 0. The van der Waals surface area contributed by atoms with Crippen LogP contribution in [0.5, 0.6) is 5.75 Å². The summed E-state index contributed by atoms with van der Waals surface area (Å²) in [7, 11) is 0. The van der Waals surface area contributed by atoms with Gasteiger partial charge in [-0.2, -0.15) is 5.26 Å². The van der Waals surface area contributed by atoms with E-state index in [9.17, 15) is 15.2 Å². The van der Waals surface area contributed by atoms with E-state index in [-0.39, 0.29) is 17.2 Å². The Hall–Kier alpha value is -3.10. The van der Waals surface area contributed by atoms with E-state index in [1.165, 1.54) is 17.7 Å². The second-order valence-electron chi connectivity index (χ2n) is 6.78. The Morgan fingerprint density at radius 3 is 2.63 bits per heavy atom. The molecule has 0 unspecified atom stereocenters. The molecule has 1 fully saturated rings. The minimum absolute atomic E-state index is 0.0872. The number of piperidine rings is 1. The quantitative estimate of drug-likeness (QED) is 0.646. The van der Waals surface area contributed by atoms with Crippen molar-refractivity contribution in [1.29, 1.82) is 5.26 Å². The molecule has 138 valence electrons. The minimum atomic E-state index is -0.255. The lowest BCUT2D eigenvalue weighted by Crippen LogP contribution is -2.38. The molecule has 0 atom stereocenters. The summed E-state index contributed by atoms with van der Waals surface area (Å²) in [6, 6.07) is 16.8. The molecule has 0 aliphatic carbocycles. The first-order valence-electron chi connectivity index (χ1n) is 9.09. The molecule has 0 aromatic heterocycles. The number of nitriles is 1. The summed E-state index contributed by atoms with van der Waals surface area (Å²) in [5.74, 6) is 0.255. The average molecular weight is 361 g/mol. The highest BCUT2D eigenvalue weighted by Gasteiger charge is 2.25. The minimum Gasteiger partial charge on any atom is -0.508 e. The van der Waals surface area contributed by atoms with Crippen molar-refractivity contribution in [2.24, 2.45) is 5.73 Å². The molecule has 27 heavy (non-hydrogen) atoms. The molecule has 1 aliphatic rings. The molecule has 1 amide bonds. The predicted molar refractivity (Wildman–Crippen MR) is 105 cm³/mol. The Morgan fingerprint density at radius 2 is 1.96 bits per heavy atom. The molecule has 0 bridgehead atoms. The van der Waals surface area contributed by atoms with E-state index in [0.717, 1.165) is 18.4 Å². The fourth-order valence-corrected chi connectivity index (χ4v) is 3.48. The largest absolute Gasteiger partial charge is 0.508 e. The third-order valence-electron chi connectivity index (χ3n) is 4.97. The Morgan fingerprint density at radius 1 is 1.22 bits per heavy atom. The molecule has 1 saturated heterocycles. The van der Waals surface area contributed by atoms with Gasteiger partial charge in [0.25, 0.3) is 5.91 Å². The first-order valence-corrected chi connectivity index (χ1v) is 9.09. The van der Waals surface area contributed by atoms with Crippen LogP contribution in [0.2, 0.25) is 0 Å². The lowest BCUT2D eigenvalue weighted by Gasteiger charge is -2.32. The number of hydrogen-bond donors (Lipinski definition) is 2. The molecule has 1 heterocycles. The lowest BCUT2D eigenvalue weighted by molar-refractivity contribution is -0.127. The SMILES string of the molecule is N#C/C(=C\c1cccc(O)c1)C(=O)N1CCC(c2cccc(CN)c2)CC1. The second kappa shape index (κ2) is 8.52. The topological polar surface area (TPSA) is 90.3 Å². The van der Waals surface area contributed by atoms with Crippen LogP contribution in [0.25, 0.3) is 6.08 Å². The van der Waals surface area contributed by atoms with Crippen LogP contribution < -0.4 is 5.73 Å². The van der Waals surface area contributed by atoms with Crippen molar-refractivity contribution in [3.05, 3.63) is 70.8 Å². The maximum atomic E-state index is 12.7. The van der Waals surface area contributed by atoms with E-state index in [1.54, 1.807) is 23.1 Å². The molecular formula is C22H23N3O2. The normalized spacial score (nSPS) is 15.4. The molecule has 5 nitrogen and oxygen atoms in total. The fraction of sp³-hybridized carbons (Fsp3) is 0.273. The van der Waals surface area contributed by atoms with Crippen molar-refractivity contribution < 1.29 is 9.90 Å². The van der Waals surface area contributed by atoms with Gasteiger partial charge in [0.05, 0.1) is 0 Å². The van der Waals surface area contributed by atoms with E-state index in [2.05, 4.69) is 12.1 Å². The van der Waals surface area contributed by atoms with Crippen LogP contribution in [0.1, 0.15) is 35.4 Å². The summed E-state index contributed by atoms with van der Waals surface area (Å²) < 4.78 is 0. The van der Waals surface area contributed by atoms with Gasteiger partial charge in [-0.1, -0.05) is 36.4 Å². The Labute approximate surface area is 159 Å². The van der Waals surface area contributed by atoms with Gasteiger partial charge in [-0.3, -0.25) is 4.79 Å². The van der Waals surface area contributed by atoms with Gasteiger partial charge in [0.15, 0.2) is 0 Å². The fourth-order valence-electron chi connectivity index (χ4n) is 3.48. The number of phenols is 1. The molecule has 0 saturated carbocycles. The number of phenolic OH excluding ortho intramolecular Hbond substituents is 1. The van der Waals surface area contributed by atoms with Gasteiger partial charge in [0, 0.05) is 19.6 Å². The zero-order valence-corrected chi connectivity index (χ0v) is 15.1. The zero-order valence-electron chi connectivity index (χ0n) is 15.1. The van der Waals surface area contributed by atoms with Crippen molar-refractivity contribution >= 4 is 12.0 Å². The molecule has 5 heteroatoms. The number of nitrogens with zero attached hydrogens (tertiary/aromatic N) is 2. The highest BCUT2D eigenvalue weighted by Crippen LogP contribution is 2.29. The van der Waals surface area contributed by atoms with Gasteiger partial charge in [-0.15, -0.1) is 0 Å². The molecule has 2 aromatic rings. The van der Waals surface area contributed by atoms with E-state index in [4.69, 9.17) is 5.73 Å². The van der Waals surface area contributed by atoms with Crippen LogP contribution in [-0.4, -0.2) is 29.0 Å². The van der Waals surface area contributed by atoms with Crippen molar-refractivity contribution in [1.82, 2.24) is 4.90 Å². The monoisotopic (exact) mass is 361 g/mol. The first kappa shape index (κ1) is 18.7. The molecule has 3 N–H and O–H groups in total. The summed E-state index contributed by atoms with van der Waals surface area (Å²) in [6.45, 7) is 1.77. The van der Waals surface area contributed by atoms with Crippen molar-refractivity contribution in [3.63, 3.8) is 0 Å². The smallest absolute Gasteiger partial charge is 0.264 e. The summed E-state index contributed by atoms with van der Waals surface area (Å²) in [5, 5.41) is 19.0. The number of rotatable bonds is 4. The third kappa shape index (κ3) is 4.55. The van der Waals surface area contributed by atoms with Crippen LogP contribution in [0.4, 0.5) is 0 Å². The Balaban J connectivity index is 1.67. The number of carbonyl (C=O) groups excluding carboxylic acids is 1. The summed E-state index contributed by atoms with van der Waals surface area (Å²) in [5.41, 5.74) is 8.83. The third-order valence-corrected chi connectivity index (χ3v) is 4.97. The van der Waals surface area contributed by atoms with E-state index >= 15 is 0 Å². The second-order valence-corrected chi connectivity index (χ2v) is 6.78. The predicted octanol–water partition coefficient (Wildman–Crippen LogP) is 3.16. The van der Waals surface area contributed by atoms with Gasteiger partial charge >= 0.3 is 0 Å². The van der Waals surface area contributed by atoms with Crippen LogP contribution in [-0.2, 0) is 11.3 Å². The summed E-state index contributed by atoms with van der Waals surface area (Å²) in [4.78, 5) is 14.5. The number of hydrogen-bond acceptors (Lipinski definition) is 4. The lowest BCUT2D eigenvalue weighted by atomic mass is 9.88. The van der Waals surface area contributed by atoms with Gasteiger partial charge < -0.3 is 15.7 Å². The molecule has 2 aromatic carbocycles. The van der Waals surface area contributed by atoms with Gasteiger partial charge in [-0.05, 0) is 53.7 Å². The Kier molecular flexibility index (Phi) is 5.90. The molecule has 3 rings (SSSR count). The first-order chi connectivity index (χ1) is 13.1. The Bertz CT molecular complexity index is 890. The van der Waals surface area contributed by atoms with Crippen molar-refractivity contribution in [2.45, 2.75) is 25.3 Å². The maximum absolute atomic E-state index is 12.7. The maximum Gasteiger partial charge on any atom is 0.264 e. The number of carbonyl (C=O) groups is 1. The van der Waals surface area contributed by atoms with E-state index < -0.39 is 0 Å². The van der Waals surface area contributed by atoms with Gasteiger partial charge in [-0.25, -0.2) is 0 Å². The molecule has 0 radical (unpaired) electrons. The number of nitrogens with two attached hydrogens (primary N) is 1. The number of amides is 1. The number of likely N-dealkylation sites (tertiary alicyclic amines) is 1. The van der Waals surface area contributed by atoms with Crippen LogP contribution in [0.15, 0.2) is 54.1 Å². The van der Waals surface area contributed by atoms with Crippen molar-refractivity contribution in [2.75, 3.05) is 13.1 Å². The molecular weight excluding hydrogens is 338 g/mol. The van der Waals surface area contributed by atoms with Gasteiger partial charge in [0.1, 0.15) is 17.4 Å². The summed E-state index contributed by atoms with van der Waals surface area (Å²) in [6.07, 6.45) is 3.26. The number of aromatic hydroxyl groups is 1. The highest BCUT2D eigenvalue weighted by atomic mass is 16.3. The zero-order chi connectivity index (χ0) is 19.2. The number of benzene rings is 2. The van der Waals surface area contributed by atoms with Crippen LogP contribution in [0, 0.1) is 11.3 Å².